The molecule has 2 saturated heterocycles. The Bertz CT molecular complexity index is 427. The van der Waals surface area contributed by atoms with Gasteiger partial charge in [-0.2, -0.15) is 0 Å². The SMILES string of the molecule is C[C@H](CNC(=O)C1CCN(C(=O)N2CCCC2)CC1)C(=O)O. The number of amides is 3. The van der Waals surface area contributed by atoms with Gasteiger partial charge in [0.1, 0.15) is 0 Å². The van der Waals surface area contributed by atoms with Crippen LogP contribution in [0.15, 0.2) is 0 Å². The van der Waals surface area contributed by atoms with Crippen LogP contribution in [0, 0.1) is 11.8 Å². The Hall–Kier alpha value is -1.79. The van der Waals surface area contributed by atoms with Crippen molar-refractivity contribution in [2.75, 3.05) is 32.7 Å². The molecule has 0 aromatic rings. The van der Waals surface area contributed by atoms with Gasteiger partial charge >= 0.3 is 12.0 Å². The van der Waals surface area contributed by atoms with Crippen LogP contribution in [-0.2, 0) is 9.59 Å². The summed E-state index contributed by atoms with van der Waals surface area (Å²) >= 11 is 0. The molecule has 2 rings (SSSR count). The fourth-order valence-electron chi connectivity index (χ4n) is 2.93. The summed E-state index contributed by atoms with van der Waals surface area (Å²) in [4.78, 5) is 38.7. The summed E-state index contributed by atoms with van der Waals surface area (Å²) in [6.45, 7) is 4.60. The first-order valence-corrected chi connectivity index (χ1v) is 8.03. The second-order valence-corrected chi connectivity index (χ2v) is 6.22. The van der Waals surface area contributed by atoms with Crippen molar-refractivity contribution in [1.29, 1.82) is 0 Å². The molecule has 7 heteroatoms. The molecule has 2 aliphatic rings. The predicted octanol–water partition coefficient (Wildman–Crippen LogP) is 0.751. The molecule has 2 N–H and O–H groups in total. The number of urea groups is 1. The average Bonchev–Trinajstić information content (AvgIpc) is 3.06. The molecule has 0 radical (unpaired) electrons. The third-order valence-electron chi connectivity index (χ3n) is 4.52. The molecule has 2 fully saturated rings. The summed E-state index contributed by atoms with van der Waals surface area (Å²) in [6, 6.07) is 0.0934. The number of rotatable bonds is 4. The van der Waals surface area contributed by atoms with Gasteiger partial charge in [0.2, 0.25) is 5.91 Å². The van der Waals surface area contributed by atoms with Crippen LogP contribution in [0.5, 0.6) is 0 Å². The van der Waals surface area contributed by atoms with Crippen LogP contribution >= 0.6 is 0 Å². The minimum Gasteiger partial charge on any atom is -0.481 e. The fourth-order valence-corrected chi connectivity index (χ4v) is 2.93. The summed E-state index contributed by atoms with van der Waals surface area (Å²) in [6.07, 6.45) is 3.44. The maximum absolute atomic E-state index is 12.3. The van der Waals surface area contributed by atoms with E-state index in [1.165, 1.54) is 0 Å². The van der Waals surface area contributed by atoms with E-state index in [0.29, 0.717) is 25.9 Å². The molecule has 3 amide bonds. The molecule has 0 aromatic carbocycles. The van der Waals surface area contributed by atoms with E-state index in [4.69, 9.17) is 5.11 Å². The molecule has 0 saturated carbocycles. The molecular weight excluding hydrogens is 286 g/mol. The van der Waals surface area contributed by atoms with Crippen molar-refractivity contribution >= 4 is 17.9 Å². The van der Waals surface area contributed by atoms with E-state index in [9.17, 15) is 14.4 Å². The number of hydrogen-bond acceptors (Lipinski definition) is 3. The maximum atomic E-state index is 12.3. The van der Waals surface area contributed by atoms with E-state index < -0.39 is 11.9 Å². The first-order chi connectivity index (χ1) is 10.5. The lowest BCUT2D eigenvalue weighted by Gasteiger charge is -2.34. The minimum absolute atomic E-state index is 0.0934. The number of piperidine rings is 1. The number of aliphatic carboxylic acids is 1. The van der Waals surface area contributed by atoms with Crippen molar-refractivity contribution in [2.45, 2.75) is 32.6 Å². The number of hydrogen-bond donors (Lipinski definition) is 2. The summed E-state index contributed by atoms with van der Waals surface area (Å²) in [5.41, 5.74) is 0. The van der Waals surface area contributed by atoms with Gasteiger partial charge in [-0.05, 0) is 25.7 Å². The van der Waals surface area contributed by atoms with Crippen LogP contribution in [0.25, 0.3) is 0 Å². The standard InChI is InChI=1S/C15H25N3O4/c1-11(14(20)21)10-16-13(19)12-4-8-18(9-5-12)15(22)17-6-2-3-7-17/h11-12H,2-10H2,1H3,(H,16,19)(H,20,21)/t11-/m1/s1. The van der Waals surface area contributed by atoms with Crippen molar-refractivity contribution in [3.8, 4) is 0 Å². The fraction of sp³-hybridized carbons (Fsp3) is 0.800. The maximum Gasteiger partial charge on any atom is 0.319 e. The highest BCUT2D eigenvalue weighted by atomic mass is 16.4. The quantitative estimate of drug-likeness (QED) is 0.802. The highest BCUT2D eigenvalue weighted by molar-refractivity contribution is 5.80. The van der Waals surface area contributed by atoms with Gasteiger partial charge in [0.15, 0.2) is 0 Å². The van der Waals surface area contributed by atoms with Crippen molar-refractivity contribution in [1.82, 2.24) is 15.1 Å². The predicted molar refractivity (Wildman–Crippen MR) is 80.3 cm³/mol. The molecule has 2 heterocycles. The number of carbonyl (C=O) groups is 3. The highest BCUT2D eigenvalue weighted by Gasteiger charge is 2.30. The normalized spacial score (nSPS) is 20.8. The summed E-state index contributed by atoms with van der Waals surface area (Å²) in [5, 5.41) is 11.5. The van der Waals surface area contributed by atoms with Gasteiger partial charge in [-0.3, -0.25) is 9.59 Å². The van der Waals surface area contributed by atoms with Crippen molar-refractivity contribution in [3.05, 3.63) is 0 Å². The summed E-state index contributed by atoms with van der Waals surface area (Å²) in [5.74, 6) is -1.71. The smallest absolute Gasteiger partial charge is 0.319 e. The van der Waals surface area contributed by atoms with Gasteiger partial charge in [-0.15, -0.1) is 0 Å². The van der Waals surface area contributed by atoms with E-state index in [0.717, 1.165) is 25.9 Å². The second kappa shape index (κ2) is 7.47. The van der Waals surface area contributed by atoms with E-state index in [1.54, 1.807) is 6.92 Å². The van der Waals surface area contributed by atoms with Crippen LogP contribution < -0.4 is 5.32 Å². The van der Waals surface area contributed by atoms with E-state index in [-0.39, 0.29) is 24.4 Å². The topological polar surface area (TPSA) is 90.0 Å². The number of carboxylic acids is 1. The van der Waals surface area contributed by atoms with E-state index in [2.05, 4.69) is 5.32 Å². The first-order valence-electron chi connectivity index (χ1n) is 8.03. The monoisotopic (exact) mass is 311 g/mol. The molecule has 124 valence electrons. The zero-order chi connectivity index (χ0) is 16.1. The van der Waals surface area contributed by atoms with Crippen LogP contribution in [0.4, 0.5) is 4.79 Å². The van der Waals surface area contributed by atoms with Gasteiger partial charge in [-0.1, -0.05) is 6.92 Å². The zero-order valence-electron chi connectivity index (χ0n) is 13.1. The molecule has 1 atom stereocenters. The number of likely N-dealkylation sites (tertiary alicyclic amines) is 2. The lowest BCUT2D eigenvalue weighted by Crippen LogP contribution is -2.48. The number of carbonyl (C=O) groups excluding carboxylic acids is 2. The van der Waals surface area contributed by atoms with Gasteiger partial charge in [0.25, 0.3) is 0 Å². The third kappa shape index (κ3) is 4.11. The molecule has 0 bridgehead atoms. The third-order valence-corrected chi connectivity index (χ3v) is 4.52. The Labute approximate surface area is 130 Å². The number of nitrogens with one attached hydrogen (secondary N) is 1. The molecule has 22 heavy (non-hydrogen) atoms. The summed E-state index contributed by atoms with van der Waals surface area (Å²) in [7, 11) is 0. The lowest BCUT2D eigenvalue weighted by atomic mass is 9.96. The van der Waals surface area contributed by atoms with Crippen molar-refractivity contribution in [3.63, 3.8) is 0 Å². The Morgan fingerprint density at radius 2 is 1.64 bits per heavy atom. The number of nitrogens with zero attached hydrogens (tertiary/aromatic N) is 2. The Balaban J connectivity index is 1.73. The Morgan fingerprint density at radius 1 is 1.09 bits per heavy atom. The molecule has 0 aliphatic carbocycles. The van der Waals surface area contributed by atoms with Gasteiger partial charge in [-0.25, -0.2) is 4.79 Å². The van der Waals surface area contributed by atoms with Gasteiger partial charge in [0.05, 0.1) is 5.92 Å². The Morgan fingerprint density at radius 3 is 2.18 bits per heavy atom. The highest BCUT2D eigenvalue weighted by Crippen LogP contribution is 2.20. The molecule has 0 aromatic heterocycles. The summed E-state index contributed by atoms with van der Waals surface area (Å²) < 4.78 is 0. The van der Waals surface area contributed by atoms with Crippen LogP contribution in [-0.4, -0.2) is 65.5 Å². The number of carboxylic acid groups (broad SMARTS) is 1. The largest absolute Gasteiger partial charge is 0.481 e. The molecule has 2 aliphatic heterocycles. The van der Waals surface area contributed by atoms with Crippen LogP contribution in [0.3, 0.4) is 0 Å². The zero-order valence-corrected chi connectivity index (χ0v) is 13.1. The van der Waals surface area contributed by atoms with E-state index in [1.807, 2.05) is 9.80 Å². The van der Waals surface area contributed by atoms with Crippen LogP contribution in [0.1, 0.15) is 32.6 Å². The van der Waals surface area contributed by atoms with Crippen LogP contribution in [0.2, 0.25) is 0 Å². The Kier molecular flexibility index (Phi) is 5.63. The van der Waals surface area contributed by atoms with Crippen molar-refractivity contribution in [2.24, 2.45) is 11.8 Å². The molecule has 0 spiro atoms. The molecule has 7 nitrogen and oxygen atoms in total. The first kappa shape index (κ1) is 16.6. The lowest BCUT2D eigenvalue weighted by molar-refractivity contribution is -0.141. The minimum atomic E-state index is -0.911. The molecule has 0 unspecified atom stereocenters. The van der Waals surface area contributed by atoms with Crippen molar-refractivity contribution < 1.29 is 19.5 Å². The van der Waals surface area contributed by atoms with E-state index >= 15 is 0 Å². The molecular formula is C15H25N3O4. The second-order valence-electron chi connectivity index (χ2n) is 6.22. The average molecular weight is 311 g/mol. The van der Waals surface area contributed by atoms with Gasteiger partial charge in [0, 0.05) is 38.6 Å². The van der Waals surface area contributed by atoms with Gasteiger partial charge < -0.3 is 20.2 Å².